The molecule has 1 aromatic carbocycles. The van der Waals surface area contributed by atoms with Crippen LogP contribution in [0.2, 0.25) is 0 Å². The zero-order chi connectivity index (χ0) is 27.5. The van der Waals surface area contributed by atoms with Gasteiger partial charge in [-0.25, -0.2) is 15.0 Å². The number of fused-ring (bicyclic) bond motifs is 1. The molecule has 4 aromatic heterocycles. The van der Waals surface area contributed by atoms with E-state index < -0.39 is 0 Å². The highest BCUT2D eigenvalue weighted by atomic mass is 32.1. The van der Waals surface area contributed by atoms with Crippen molar-refractivity contribution < 1.29 is 18.4 Å². The monoisotopic (exact) mass is 557 g/mol. The molecule has 0 bridgehead atoms. The molecule has 40 heavy (non-hydrogen) atoms. The van der Waals surface area contributed by atoms with Crippen LogP contribution in [-0.2, 0) is 24.4 Å². The zero-order valence-electron chi connectivity index (χ0n) is 21.6. The lowest BCUT2D eigenvalue weighted by Crippen LogP contribution is -2.37. The van der Waals surface area contributed by atoms with Crippen molar-refractivity contribution in [2.75, 3.05) is 11.9 Å². The molecule has 2 amide bonds. The molecule has 0 saturated carbocycles. The molecule has 0 unspecified atom stereocenters. The lowest BCUT2D eigenvalue weighted by Gasteiger charge is -2.24. The number of oxazole rings is 2. The second-order valence-electron chi connectivity index (χ2n) is 9.41. The van der Waals surface area contributed by atoms with E-state index in [-0.39, 0.29) is 17.9 Å². The first-order valence-corrected chi connectivity index (χ1v) is 13.7. The molecular weight excluding hydrogens is 530 g/mol. The van der Waals surface area contributed by atoms with Gasteiger partial charge in [0.15, 0.2) is 12.2 Å². The largest absolute Gasteiger partial charge is 0.448 e. The SMILES string of the molecule is C=CC(=O)N1CCC[C@@H]1Cn1c(NC(=O)c2ccc(-c3cnco3)s2)nc2cc(CNCc3ncco3)ccc21. The number of hydrogen-bond acceptors (Lipinski definition) is 9. The molecule has 0 spiro atoms. The number of carbonyl (C=O) groups is 2. The molecule has 0 radical (unpaired) electrons. The van der Waals surface area contributed by atoms with E-state index in [0.717, 1.165) is 34.3 Å². The molecule has 5 heterocycles. The van der Waals surface area contributed by atoms with Gasteiger partial charge in [0.1, 0.15) is 6.26 Å². The van der Waals surface area contributed by atoms with Gasteiger partial charge in [-0.1, -0.05) is 12.6 Å². The molecule has 1 fully saturated rings. The summed E-state index contributed by atoms with van der Waals surface area (Å²) in [7, 11) is 0. The number of nitrogens with one attached hydrogen (secondary N) is 2. The third kappa shape index (κ3) is 5.31. The zero-order valence-corrected chi connectivity index (χ0v) is 22.4. The maximum atomic E-state index is 13.3. The predicted octanol–water partition coefficient (Wildman–Crippen LogP) is 4.46. The molecule has 1 aliphatic rings. The molecule has 12 heteroatoms. The van der Waals surface area contributed by atoms with Gasteiger partial charge in [-0.05, 0) is 48.7 Å². The highest BCUT2D eigenvalue weighted by molar-refractivity contribution is 7.17. The van der Waals surface area contributed by atoms with Crippen LogP contribution in [0.4, 0.5) is 5.95 Å². The van der Waals surface area contributed by atoms with E-state index in [4.69, 9.17) is 13.8 Å². The van der Waals surface area contributed by atoms with Crippen LogP contribution < -0.4 is 10.6 Å². The summed E-state index contributed by atoms with van der Waals surface area (Å²) in [6.45, 7) is 5.94. The van der Waals surface area contributed by atoms with Gasteiger partial charge < -0.3 is 23.6 Å². The van der Waals surface area contributed by atoms with Gasteiger partial charge in [0, 0.05) is 19.6 Å². The van der Waals surface area contributed by atoms with Crippen LogP contribution in [0.15, 0.2) is 76.9 Å². The number of likely N-dealkylation sites (tertiary alicyclic amines) is 1. The molecule has 204 valence electrons. The van der Waals surface area contributed by atoms with E-state index in [2.05, 4.69) is 27.2 Å². The Morgan fingerprint density at radius 3 is 2.92 bits per heavy atom. The number of nitrogens with zero attached hydrogens (tertiary/aromatic N) is 5. The van der Waals surface area contributed by atoms with Crippen molar-refractivity contribution in [1.29, 1.82) is 0 Å². The average Bonchev–Trinajstić information content (AvgIpc) is 3.79. The lowest BCUT2D eigenvalue weighted by atomic mass is 10.2. The number of anilines is 1. The highest BCUT2D eigenvalue weighted by Crippen LogP contribution is 2.30. The molecule has 2 N–H and O–H groups in total. The number of amides is 2. The van der Waals surface area contributed by atoms with Gasteiger partial charge in [0.2, 0.25) is 17.7 Å². The summed E-state index contributed by atoms with van der Waals surface area (Å²) in [5.74, 6) is 1.29. The van der Waals surface area contributed by atoms with Crippen molar-refractivity contribution in [3.63, 3.8) is 0 Å². The van der Waals surface area contributed by atoms with Crippen molar-refractivity contribution in [3.8, 4) is 10.6 Å². The Hall–Kier alpha value is -4.55. The van der Waals surface area contributed by atoms with Crippen LogP contribution >= 0.6 is 11.3 Å². The van der Waals surface area contributed by atoms with E-state index in [1.165, 1.54) is 23.8 Å². The Morgan fingerprint density at radius 1 is 1.20 bits per heavy atom. The minimum Gasteiger partial charge on any atom is -0.448 e. The van der Waals surface area contributed by atoms with Crippen molar-refractivity contribution in [2.45, 2.75) is 38.5 Å². The van der Waals surface area contributed by atoms with Gasteiger partial charge in [0.05, 0.1) is 45.8 Å². The molecule has 1 aliphatic heterocycles. The number of carbonyl (C=O) groups excluding carboxylic acids is 2. The van der Waals surface area contributed by atoms with Crippen LogP contribution in [0, 0.1) is 0 Å². The summed E-state index contributed by atoms with van der Waals surface area (Å²) >= 11 is 1.31. The number of thiophene rings is 1. The number of benzene rings is 1. The lowest BCUT2D eigenvalue weighted by molar-refractivity contribution is -0.126. The highest BCUT2D eigenvalue weighted by Gasteiger charge is 2.29. The molecule has 1 atom stereocenters. The molecular formula is C28H27N7O4S. The van der Waals surface area contributed by atoms with Crippen LogP contribution in [0.5, 0.6) is 0 Å². The first-order chi connectivity index (χ1) is 19.6. The first kappa shape index (κ1) is 25.7. The fourth-order valence-corrected chi connectivity index (χ4v) is 5.81. The van der Waals surface area contributed by atoms with Crippen molar-refractivity contribution in [2.24, 2.45) is 0 Å². The number of aromatic nitrogens is 4. The van der Waals surface area contributed by atoms with Crippen LogP contribution in [0.1, 0.15) is 34.0 Å². The molecule has 6 rings (SSSR count). The summed E-state index contributed by atoms with van der Waals surface area (Å²) in [6, 6.07) is 9.58. The normalized spacial score (nSPS) is 15.1. The predicted molar refractivity (Wildman–Crippen MR) is 149 cm³/mol. The summed E-state index contributed by atoms with van der Waals surface area (Å²) in [5.41, 5.74) is 2.65. The molecule has 5 aromatic rings. The maximum absolute atomic E-state index is 13.3. The standard InChI is InChI=1S/C28H27N7O4S/c1-2-26(36)34-10-3-4-19(34)16-35-21-6-5-18(13-29-15-25-31-9-11-38-25)12-20(21)32-28(35)33-27(37)24-8-7-23(40-24)22-14-30-17-39-22/h2,5-9,11-12,14,17,19,29H,1,3-4,10,13,15-16H2,(H,32,33,37)/t19-/m1/s1. The van der Waals surface area contributed by atoms with E-state index in [0.29, 0.717) is 48.7 Å². The maximum Gasteiger partial charge on any atom is 0.268 e. The second kappa shape index (κ2) is 11.3. The molecule has 1 saturated heterocycles. The Labute approximate surface area is 233 Å². The van der Waals surface area contributed by atoms with E-state index in [1.807, 2.05) is 33.7 Å². The topological polar surface area (TPSA) is 131 Å². The van der Waals surface area contributed by atoms with E-state index in [9.17, 15) is 9.59 Å². The van der Waals surface area contributed by atoms with Gasteiger partial charge in [-0.2, -0.15) is 0 Å². The fourth-order valence-electron chi connectivity index (χ4n) is 4.96. The van der Waals surface area contributed by atoms with Crippen LogP contribution in [0.25, 0.3) is 21.7 Å². The van der Waals surface area contributed by atoms with Crippen molar-refractivity contribution in [3.05, 3.63) is 84.4 Å². The summed E-state index contributed by atoms with van der Waals surface area (Å²) < 4.78 is 12.6. The average molecular weight is 558 g/mol. The summed E-state index contributed by atoms with van der Waals surface area (Å²) in [6.07, 6.45) is 9.27. The van der Waals surface area contributed by atoms with Crippen molar-refractivity contribution in [1.82, 2.24) is 29.7 Å². The van der Waals surface area contributed by atoms with Crippen LogP contribution in [0.3, 0.4) is 0 Å². The Balaban J connectivity index is 1.27. The number of rotatable bonds is 10. The third-order valence-electron chi connectivity index (χ3n) is 6.86. The minimum absolute atomic E-state index is 0.0273. The third-order valence-corrected chi connectivity index (χ3v) is 7.96. The molecule has 11 nitrogen and oxygen atoms in total. The van der Waals surface area contributed by atoms with Crippen molar-refractivity contribution >= 4 is 40.1 Å². The Bertz CT molecular complexity index is 1640. The van der Waals surface area contributed by atoms with Gasteiger partial charge in [0.25, 0.3) is 5.91 Å². The number of imidazole rings is 1. The number of hydrogen-bond donors (Lipinski definition) is 2. The Kier molecular flexibility index (Phi) is 7.25. The van der Waals surface area contributed by atoms with Gasteiger partial charge in [-0.15, -0.1) is 11.3 Å². The first-order valence-electron chi connectivity index (χ1n) is 12.9. The second-order valence-corrected chi connectivity index (χ2v) is 10.5. The fraction of sp³-hybridized carbons (Fsp3) is 0.250. The van der Waals surface area contributed by atoms with E-state index >= 15 is 0 Å². The summed E-state index contributed by atoms with van der Waals surface area (Å²) in [4.78, 5) is 41.8. The van der Waals surface area contributed by atoms with Gasteiger partial charge >= 0.3 is 0 Å². The van der Waals surface area contributed by atoms with Gasteiger partial charge in [-0.3, -0.25) is 14.9 Å². The Morgan fingerprint density at radius 2 is 2.12 bits per heavy atom. The van der Waals surface area contributed by atoms with Crippen LogP contribution in [-0.4, -0.2) is 48.8 Å². The van der Waals surface area contributed by atoms with E-state index in [1.54, 1.807) is 24.7 Å². The summed E-state index contributed by atoms with van der Waals surface area (Å²) in [5, 5.41) is 6.32. The minimum atomic E-state index is -0.273. The quantitative estimate of drug-likeness (QED) is 0.241. The molecule has 0 aliphatic carbocycles. The smallest absolute Gasteiger partial charge is 0.268 e.